The van der Waals surface area contributed by atoms with Gasteiger partial charge in [0.15, 0.2) is 5.78 Å². The van der Waals surface area contributed by atoms with E-state index in [-0.39, 0.29) is 5.78 Å². The number of carbonyl (C=O) groups is 1. The lowest BCUT2D eigenvalue weighted by Gasteiger charge is -2.07. The molecule has 0 radical (unpaired) electrons. The lowest BCUT2D eigenvalue weighted by atomic mass is 10.1. The van der Waals surface area contributed by atoms with Gasteiger partial charge in [-0.2, -0.15) is 0 Å². The molecular formula is C12H15BrO2S. The first-order valence-corrected chi connectivity index (χ1v) is 7.32. The summed E-state index contributed by atoms with van der Waals surface area (Å²) in [5.41, 5.74) is 0.837. The molecule has 1 aromatic heterocycles. The number of hydrogen-bond acceptors (Lipinski definition) is 3. The van der Waals surface area contributed by atoms with Crippen molar-refractivity contribution in [2.24, 2.45) is 0 Å². The van der Waals surface area contributed by atoms with Crippen LogP contribution in [0.2, 0.25) is 0 Å². The van der Waals surface area contributed by atoms with Crippen molar-refractivity contribution in [1.82, 2.24) is 0 Å². The van der Waals surface area contributed by atoms with Gasteiger partial charge in [-0.25, -0.2) is 0 Å². The maximum absolute atomic E-state index is 11.8. The molecule has 1 unspecified atom stereocenters. The Bertz CT molecular complexity index is 356. The average molecular weight is 303 g/mol. The van der Waals surface area contributed by atoms with Crippen molar-refractivity contribution < 1.29 is 9.53 Å². The topological polar surface area (TPSA) is 26.3 Å². The van der Waals surface area contributed by atoms with Gasteiger partial charge in [-0.1, -0.05) is 0 Å². The van der Waals surface area contributed by atoms with Crippen LogP contribution in [0.3, 0.4) is 0 Å². The van der Waals surface area contributed by atoms with Gasteiger partial charge in [-0.3, -0.25) is 4.79 Å². The van der Waals surface area contributed by atoms with Crippen LogP contribution in [-0.2, 0) is 4.74 Å². The van der Waals surface area contributed by atoms with E-state index in [9.17, 15) is 4.79 Å². The Balaban J connectivity index is 1.71. The van der Waals surface area contributed by atoms with Crippen LogP contribution in [-0.4, -0.2) is 18.5 Å². The summed E-state index contributed by atoms with van der Waals surface area (Å²) in [6.45, 7) is 0.899. The van der Waals surface area contributed by atoms with Crippen LogP contribution >= 0.6 is 27.3 Å². The Morgan fingerprint density at radius 3 is 3.12 bits per heavy atom. The molecule has 16 heavy (non-hydrogen) atoms. The van der Waals surface area contributed by atoms with Crippen molar-refractivity contribution in [3.63, 3.8) is 0 Å². The number of thiophene rings is 1. The second-order valence-corrected chi connectivity index (χ2v) is 6.38. The number of carbonyl (C=O) groups excluding carboxylic acids is 1. The van der Waals surface area contributed by atoms with Crippen LogP contribution in [0, 0.1) is 0 Å². The van der Waals surface area contributed by atoms with E-state index in [2.05, 4.69) is 15.9 Å². The molecule has 1 aliphatic heterocycles. The monoisotopic (exact) mass is 302 g/mol. The largest absolute Gasteiger partial charge is 0.378 e. The highest BCUT2D eigenvalue weighted by Crippen LogP contribution is 2.23. The summed E-state index contributed by atoms with van der Waals surface area (Å²) in [5, 5.41) is 1.92. The molecule has 1 fully saturated rings. The van der Waals surface area contributed by atoms with Gasteiger partial charge in [0.2, 0.25) is 0 Å². The minimum absolute atomic E-state index is 0.250. The summed E-state index contributed by atoms with van der Waals surface area (Å²) in [4.78, 5) is 11.8. The lowest BCUT2D eigenvalue weighted by Crippen LogP contribution is -2.06. The molecule has 88 valence electrons. The molecule has 1 aromatic rings. The van der Waals surface area contributed by atoms with E-state index < -0.39 is 0 Å². The number of halogens is 1. The molecule has 0 aromatic carbocycles. The van der Waals surface area contributed by atoms with Gasteiger partial charge >= 0.3 is 0 Å². The molecule has 0 bridgehead atoms. The highest BCUT2D eigenvalue weighted by atomic mass is 79.9. The van der Waals surface area contributed by atoms with Crippen LogP contribution in [0.4, 0.5) is 0 Å². The molecule has 0 aliphatic carbocycles. The van der Waals surface area contributed by atoms with E-state index in [1.807, 2.05) is 11.4 Å². The fourth-order valence-corrected chi connectivity index (χ4v) is 3.12. The standard InChI is InChI=1S/C12H15BrO2S/c13-12-7-9(8-16-12)11(14)5-1-3-10-4-2-6-15-10/h7-8,10H,1-6H2. The third kappa shape index (κ3) is 3.40. The van der Waals surface area contributed by atoms with Gasteiger partial charge in [-0.05, 0) is 47.7 Å². The van der Waals surface area contributed by atoms with Gasteiger partial charge in [0.1, 0.15) is 0 Å². The van der Waals surface area contributed by atoms with Gasteiger partial charge in [0.05, 0.1) is 9.89 Å². The first-order chi connectivity index (χ1) is 7.75. The van der Waals surface area contributed by atoms with Gasteiger partial charge in [-0.15, -0.1) is 11.3 Å². The van der Waals surface area contributed by atoms with Gasteiger partial charge < -0.3 is 4.74 Å². The molecule has 1 aliphatic rings. The molecule has 0 spiro atoms. The molecule has 1 atom stereocenters. The summed E-state index contributed by atoms with van der Waals surface area (Å²) in [6, 6.07) is 1.90. The molecule has 2 rings (SSSR count). The Kier molecular flexibility index (Phi) is 4.55. The number of ether oxygens (including phenoxy) is 1. The zero-order valence-electron chi connectivity index (χ0n) is 9.08. The van der Waals surface area contributed by atoms with E-state index in [0.29, 0.717) is 12.5 Å². The molecule has 4 heteroatoms. The van der Waals surface area contributed by atoms with Crippen LogP contribution in [0.5, 0.6) is 0 Å². The van der Waals surface area contributed by atoms with Crippen molar-refractivity contribution in [2.75, 3.05) is 6.61 Å². The SMILES string of the molecule is O=C(CCCC1CCCO1)c1csc(Br)c1. The molecule has 2 heterocycles. The molecule has 2 nitrogen and oxygen atoms in total. The normalized spacial score (nSPS) is 20.2. The third-order valence-corrected chi connectivity index (χ3v) is 4.35. The van der Waals surface area contributed by atoms with Crippen molar-refractivity contribution >= 4 is 33.0 Å². The van der Waals surface area contributed by atoms with E-state index >= 15 is 0 Å². The molecule has 0 amide bonds. The van der Waals surface area contributed by atoms with E-state index in [4.69, 9.17) is 4.74 Å². The zero-order valence-corrected chi connectivity index (χ0v) is 11.5. The van der Waals surface area contributed by atoms with E-state index in [1.54, 1.807) is 11.3 Å². The predicted molar refractivity (Wildman–Crippen MR) is 69.2 cm³/mol. The number of rotatable bonds is 5. The Morgan fingerprint density at radius 2 is 2.50 bits per heavy atom. The minimum atomic E-state index is 0.250. The number of Topliss-reactive ketones (excluding diaryl/α,β-unsaturated/α-hetero) is 1. The summed E-state index contributed by atoms with van der Waals surface area (Å²) in [7, 11) is 0. The fourth-order valence-electron chi connectivity index (χ4n) is 1.96. The summed E-state index contributed by atoms with van der Waals surface area (Å²) < 4.78 is 6.55. The number of hydrogen-bond donors (Lipinski definition) is 0. The molecule has 0 saturated carbocycles. The van der Waals surface area contributed by atoms with Gasteiger partial charge in [0.25, 0.3) is 0 Å². The van der Waals surface area contributed by atoms with Crippen molar-refractivity contribution in [1.29, 1.82) is 0 Å². The fraction of sp³-hybridized carbons (Fsp3) is 0.583. The Morgan fingerprint density at radius 1 is 1.62 bits per heavy atom. The Labute approximate surface area is 108 Å². The quantitative estimate of drug-likeness (QED) is 0.767. The third-order valence-electron chi connectivity index (χ3n) is 2.84. The van der Waals surface area contributed by atoms with Crippen molar-refractivity contribution in [3.05, 3.63) is 20.8 Å². The highest BCUT2D eigenvalue weighted by Gasteiger charge is 2.16. The van der Waals surface area contributed by atoms with Gasteiger partial charge in [0, 0.05) is 24.0 Å². The average Bonchev–Trinajstić information content (AvgIpc) is 2.89. The van der Waals surface area contributed by atoms with E-state index in [1.165, 1.54) is 6.42 Å². The first-order valence-electron chi connectivity index (χ1n) is 5.64. The molecule has 0 N–H and O–H groups in total. The van der Waals surface area contributed by atoms with E-state index in [0.717, 1.165) is 35.2 Å². The number of ketones is 1. The van der Waals surface area contributed by atoms with Crippen LogP contribution in [0.1, 0.15) is 42.5 Å². The minimum Gasteiger partial charge on any atom is -0.378 e. The van der Waals surface area contributed by atoms with Crippen LogP contribution in [0.15, 0.2) is 15.2 Å². The van der Waals surface area contributed by atoms with Crippen LogP contribution in [0.25, 0.3) is 0 Å². The second kappa shape index (κ2) is 5.94. The predicted octanol–water partition coefficient (Wildman–Crippen LogP) is 4.04. The van der Waals surface area contributed by atoms with Crippen LogP contribution < -0.4 is 0 Å². The molecular weight excluding hydrogens is 288 g/mol. The summed E-state index contributed by atoms with van der Waals surface area (Å²) >= 11 is 4.93. The lowest BCUT2D eigenvalue weighted by molar-refractivity contribution is 0.0923. The maximum Gasteiger partial charge on any atom is 0.163 e. The first kappa shape index (κ1) is 12.3. The smallest absolute Gasteiger partial charge is 0.163 e. The highest BCUT2D eigenvalue weighted by molar-refractivity contribution is 9.11. The summed E-state index contributed by atoms with van der Waals surface area (Å²) in [5.74, 6) is 0.250. The molecule has 1 saturated heterocycles. The van der Waals surface area contributed by atoms with Crippen molar-refractivity contribution in [3.8, 4) is 0 Å². The maximum atomic E-state index is 11.8. The second-order valence-electron chi connectivity index (χ2n) is 4.09. The Hall–Kier alpha value is -0.190. The zero-order chi connectivity index (χ0) is 11.4. The van der Waals surface area contributed by atoms with Crippen molar-refractivity contribution in [2.45, 2.75) is 38.2 Å². The summed E-state index contributed by atoms with van der Waals surface area (Å²) in [6.07, 6.45) is 5.35.